The molecule has 3 heterocycles. The summed E-state index contributed by atoms with van der Waals surface area (Å²) >= 11 is 0. The number of fused-ring (bicyclic) bond motifs is 1. The molecule has 1 atom stereocenters. The van der Waals surface area contributed by atoms with Crippen LogP contribution in [0.3, 0.4) is 0 Å². The van der Waals surface area contributed by atoms with E-state index in [4.69, 9.17) is 10.3 Å². The fourth-order valence-electron chi connectivity index (χ4n) is 3.12. The molecule has 1 saturated heterocycles. The van der Waals surface area contributed by atoms with Crippen LogP contribution >= 0.6 is 12.4 Å². The maximum Gasteiger partial charge on any atom is 0.258 e. The number of sulfonamides is 1. The number of piperidine rings is 1. The van der Waals surface area contributed by atoms with Crippen LogP contribution in [0.2, 0.25) is 0 Å². The van der Waals surface area contributed by atoms with Crippen molar-refractivity contribution in [2.24, 2.45) is 11.7 Å². The number of aryl methyl sites for hydroxylation is 1. The number of amides is 1. The summed E-state index contributed by atoms with van der Waals surface area (Å²) in [7, 11) is -3.75. The molecule has 0 aliphatic carbocycles. The van der Waals surface area contributed by atoms with Crippen LogP contribution in [0.25, 0.3) is 11.1 Å². The molecule has 1 unspecified atom stereocenters. The number of hydrogen-bond acceptors (Lipinski definition) is 7. The first-order chi connectivity index (χ1) is 12.5. The van der Waals surface area contributed by atoms with Crippen LogP contribution in [0.1, 0.15) is 25.5 Å². The van der Waals surface area contributed by atoms with Crippen LogP contribution in [0.5, 0.6) is 0 Å². The van der Waals surface area contributed by atoms with Crippen LogP contribution in [-0.2, 0) is 21.2 Å². The molecule has 1 amide bonds. The Hall–Kier alpha value is -1.75. The normalized spacial score (nSPS) is 18.2. The SMILES string of the molecule is CCc1noc2ncc(S(=O)(=O)N3CCCC(C(=O)NCCN)C3)cc12.Cl. The smallest absolute Gasteiger partial charge is 0.258 e. The fourth-order valence-corrected chi connectivity index (χ4v) is 4.62. The molecule has 3 N–H and O–H groups in total. The van der Waals surface area contributed by atoms with Crippen molar-refractivity contribution >= 4 is 39.4 Å². The molecule has 3 rings (SSSR count). The maximum absolute atomic E-state index is 13.0. The largest absolute Gasteiger partial charge is 0.355 e. The minimum absolute atomic E-state index is 0. The zero-order valence-corrected chi connectivity index (χ0v) is 16.7. The van der Waals surface area contributed by atoms with Crippen LogP contribution in [-0.4, -0.2) is 54.9 Å². The van der Waals surface area contributed by atoms with E-state index in [1.54, 1.807) is 6.07 Å². The molecule has 0 bridgehead atoms. The van der Waals surface area contributed by atoms with Crippen molar-refractivity contribution in [2.45, 2.75) is 31.1 Å². The van der Waals surface area contributed by atoms with Crippen molar-refractivity contribution < 1.29 is 17.7 Å². The molecule has 150 valence electrons. The lowest BCUT2D eigenvalue weighted by molar-refractivity contribution is -0.126. The Labute approximate surface area is 164 Å². The minimum atomic E-state index is -3.75. The van der Waals surface area contributed by atoms with Gasteiger partial charge in [-0.3, -0.25) is 4.79 Å². The highest BCUT2D eigenvalue weighted by Crippen LogP contribution is 2.26. The van der Waals surface area contributed by atoms with E-state index in [0.29, 0.717) is 55.7 Å². The van der Waals surface area contributed by atoms with Crippen molar-refractivity contribution in [1.29, 1.82) is 0 Å². The Bertz CT molecular complexity index is 901. The van der Waals surface area contributed by atoms with Crippen LogP contribution in [0.15, 0.2) is 21.7 Å². The van der Waals surface area contributed by atoms with Gasteiger partial charge in [-0.2, -0.15) is 4.31 Å². The molecule has 1 fully saturated rings. The highest BCUT2D eigenvalue weighted by molar-refractivity contribution is 7.89. The third-order valence-electron chi connectivity index (χ3n) is 4.55. The lowest BCUT2D eigenvalue weighted by Gasteiger charge is -2.31. The molecule has 9 nitrogen and oxygen atoms in total. The number of hydrogen-bond donors (Lipinski definition) is 2. The van der Waals surface area contributed by atoms with Gasteiger partial charge in [-0.1, -0.05) is 12.1 Å². The van der Waals surface area contributed by atoms with Gasteiger partial charge in [0.25, 0.3) is 5.71 Å². The van der Waals surface area contributed by atoms with Gasteiger partial charge < -0.3 is 15.6 Å². The number of aromatic nitrogens is 2. The Balaban J connectivity index is 0.00000261. The number of nitrogens with two attached hydrogens (primary N) is 1. The summed E-state index contributed by atoms with van der Waals surface area (Å²) in [6.45, 7) is 3.18. The van der Waals surface area contributed by atoms with E-state index in [0.717, 1.165) is 0 Å². The third kappa shape index (κ3) is 4.40. The number of halogens is 1. The molecule has 11 heteroatoms. The molecule has 0 spiro atoms. The second kappa shape index (κ2) is 8.96. The first kappa shape index (κ1) is 21.5. The van der Waals surface area contributed by atoms with Gasteiger partial charge in [0.05, 0.1) is 23.2 Å². The van der Waals surface area contributed by atoms with Crippen molar-refractivity contribution in [3.05, 3.63) is 18.0 Å². The number of nitrogens with one attached hydrogen (secondary N) is 1. The van der Waals surface area contributed by atoms with Crippen molar-refractivity contribution in [3.8, 4) is 0 Å². The van der Waals surface area contributed by atoms with Crippen molar-refractivity contribution in [2.75, 3.05) is 26.2 Å². The summed E-state index contributed by atoms with van der Waals surface area (Å²) in [5, 5.41) is 7.24. The lowest BCUT2D eigenvalue weighted by atomic mass is 9.99. The average Bonchev–Trinajstić information content (AvgIpc) is 3.08. The quantitative estimate of drug-likeness (QED) is 0.706. The van der Waals surface area contributed by atoms with Gasteiger partial charge in [0.15, 0.2) is 0 Å². The minimum Gasteiger partial charge on any atom is -0.355 e. The summed E-state index contributed by atoms with van der Waals surface area (Å²) < 4.78 is 32.5. The number of nitrogens with zero attached hydrogens (tertiary/aromatic N) is 3. The number of rotatable bonds is 6. The summed E-state index contributed by atoms with van der Waals surface area (Å²) in [4.78, 5) is 16.3. The molecule has 1 aliphatic rings. The molecule has 2 aromatic rings. The van der Waals surface area contributed by atoms with Gasteiger partial charge in [0.1, 0.15) is 4.90 Å². The predicted molar refractivity (Wildman–Crippen MR) is 102 cm³/mol. The fraction of sp³-hybridized carbons (Fsp3) is 0.562. The van der Waals surface area contributed by atoms with Gasteiger partial charge in [0, 0.05) is 26.2 Å². The Morgan fingerprint density at radius 2 is 2.26 bits per heavy atom. The van der Waals surface area contributed by atoms with Crippen LogP contribution < -0.4 is 11.1 Å². The summed E-state index contributed by atoms with van der Waals surface area (Å²) in [5.41, 5.74) is 6.39. The average molecular weight is 418 g/mol. The van der Waals surface area contributed by atoms with Gasteiger partial charge in [0.2, 0.25) is 15.9 Å². The zero-order chi connectivity index (χ0) is 18.7. The van der Waals surface area contributed by atoms with Crippen LogP contribution in [0, 0.1) is 5.92 Å². The molecule has 0 radical (unpaired) electrons. The maximum atomic E-state index is 13.0. The van der Waals surface area contributed by atoms with E-state index in [1.165, 1.54) is 10.5 Å². The molecule has 0 aromatic carbocycles. The first-order valence-electron chi connectivity index (χ1n) is 8.69. The monoisotopic (exact) mass is 417 g/mol. The highest BCUT2D eigenvalue weighted by Gasteiger charge is 2.33. The van der Waals surface area contributed by atoms with Crippen molar-refractivity contribution in [3.63, 3.8) is 0 Å². The van der Waals surface area contributed by atoms with Gasteiger partial charge in [-0.25, -0.2) is 13.4 Å². The van der Waals surface area contributed by atoms with E-state index >= 15 is 0 Å². The summed E-state index contributed by atoms with van der Waals surface area (Å²) in [5.74, 6) is -0.528. The number of pyridine rings is 1. The topological polar surface area (TPSA) is 131 Å². The summed E-state index contributed by atoms with van der Waals surface area (Å²) in [6.07, 6.45) is 3.18. The second-order valence-electron chi connectivity index (χ2n) is 6.29. The van der Waals surface area contributed by atoms with Crippen LogP contribution in [0.4, 0.5) is 0 Å². The Kier molecular flexibility index (Phi) is 7.15. The van der Waals surface area contributed by atoms with E-state index < -0.39 is 10.0 Å². The Morgan fingerprint density at radius 1 is 1.48 bits per heavy atom. The predicted octanol–water partition coefficient (Wildman–Crippen LogP) is 0.683. The number of carbonyl (C=O) groups excluding carboxylic acids is 1. The zero-order valence-electron chi connectivity index (χ0n) is 15.1. The van der Waals surface area contributed by atoms with E-state index in [-0.39, 0.29) is 35.7 Å². The lowest BCUT2D eigenvalue weighted by Crippen LogP contribution is -2.46. The number of carbonyl (C=O) groups is 1. The van der Waals surface area contributed by atoms with Gasteiger partial charge in [-0.15, -0.1) is 12.4 Å². The summed E-state index contributed by atoms with van der Waals surface area (Å²) in [6, 6.07) is 1.55. The van der Waals surface area contributed by atoms with E-state index in [2.05, 4.69) is 15.5 Å². The molecule has 1 aliphatic heterocycles. The highest BCUT2D eigenvalue weighted by atomic mass is 35.5. The first-order valence-corrected chi connectivity index (χ1v) is 10.1. The van der Waals surface area contributed by atoms with Crippen molar-refractivity contribution in [1.82, 2.24) is 19.8 Å². The molecule has 27 heavy (non-hydrogen) atoms. The molecular formula is C16H24ClN5O4S. The van der Waals surface area contributed by atoms with E-state index in [9.17, 15) is 13.2 Å². The van der Waals surface area contributed by atoms with Gasteiger partial charge in [-0.05, 0) is 25.3 Å². The molecule has 2 aromatic heterocycles. The molecule has 0 saturated carbocycles. The van der Waals surface area contributed by atoms with E-state index in [1.807, 2.05) is 6.92 Å². The molecular weight excluding hydrogens is 394 g/mol. The standard InChI is InChI=1S/C16H23N5O4S.ClH/c1-2-14-13-8-12(9-19-16(13)25-20-14)26(23,24)21-7-3-4-11(10-21)15(22)18-6-5-17;/h8-9,11H,2-7,10,17H2,1H3,(H,18,22);1H. The second-order valence-corrected chi connectivity index (χ2v) is 8.23. The third-order valence-corrected chi connectivity index (χ3v) is 6.38. The Morgan fingerprint density at radius 3 is 2.96 bits per heavy atom. The van der Waals surface area contributed by atoms with Gasteiger partial charge >= 0.3 is 0 Å².